The fraction of sp³-hybridized carbons (Fsp3) is 0.571. The van der Waals surface area contributed by atoms with Gasteiger partial charge in [-0.3, -0.25) is 4.79 Å². The van der Waals surface area contributed by atoms with E-state index in [2.05, 4.69) is 61.1 Å². The minimum atomic E-state index is 0.203. The Morgan fingerprint density at radius 3 is 2.83 bits per heavy atom. The molecule has 0 bridgehead atoms. The average molecular weight is 326 g/mol. The molecule has 1 fully saturated rings. The van der Waals surface area contributed by atoms with Crippen LogP contribution in [0.2, 0.25) is 0 Å². The summed E-state index contributed by atoms with van der Waals surface area (Å²) < 4.78 is 2.27. The molecule has 1 aromatic heterocycles. The molecular formula is C21H30N2O. The first kappa shape index (κ1) is 17.1. The maximum Gasteiger partial charge on any atom is 0.220 e. The van der Waals surface area contributed by atoms with Crippen molar-refractivity contribution in [2.24, 2.45) is 11.8 Å². The number of rotatable bonds is 5. The molecule has 0 aliphatic heterocycles. The first-order chi connectivity index (χ1) is 11.6. The number of carbonyl (C=O) groups excluding carboxylic acids is 1. The highest BCUT2D eigenvalue weighted by atomic mass is 16.1. The van der Waals surface area contributed by atoms with Gasteiger partial charge in [-0.2, -0.15) is 0 Å². The van der Waals surface area contributed by atoms with Gasteiger partial charge in [0.15, 0.2) is 0 Å². The van der Waals surface area contributed by atoms with E-state index >= 15 is 0 Å². The number of hydrogen-bond acceptors (Lipinski definition) is 1. The molecule has 1 heterocycles. The number of nitrogens with one attached hydrogen (secondary N) is 1. The van der Waals surface area contributed by atoms with E-state index in [0.717, 1.165) is 19.4 Å². The van der Waals surface area contributed by atoms with Crippen LogP contribution in [0.1, 0.15) is 52.0 Å². The van der Waals surface area contributed by atoms with Crippen molar-refractivity contribution in [3.8, 4) is 0 Å². The maximum atomic E-state index is 12.4. The Kier molecular flexibility index (Phi) is 5.27. The zero-order valence-electron chi connectivity index (χ0n) is 15.2. The predicted molar refractivity (Wildman–Crippen MR) is 100 cm³/mol. The minimum Gasteiger partial charge on any atom is -0.353 e. The summed E-state index contributed by atoms with van der Waals surface area (Å²) in [5.74, 6) is 1.51. The number of fused-ring (bicyclic) bond motifs is 1. The van der Waals surface area contributed by atoms with Crippen molar-refractivity contribution < 1.29 is 4.79 Å². The van der Waals surface area contributed by atoms with Crippen molar-refractivity contribution in [1.82, 2.24) is 9.88 Å². The minimum absolute atomic E-state index is 0.203. The van der Waals surface area contributed by atoms with E-state index in [1.165, 1.54) is 29.3 Å². The van der Waals surface area contributed by atoms with E-state index in [9.17, 15) is 4.79 Å². The lowest BCUT2D eigenvalue weighted by Gasteiger charge is -2.34. The number of para-hydroxylation sites is 1. The Morgan fingerprint density at radius 1 is 1.25 bits per heavy atom. The van der Waals surface area contributed by atoms with Crippen LogP contribution in [0.15, 0.2) is 30.5 Å². The van der Waals surface area contributed by atoms with Crippen molar-refractivity contribution in [3.05, 3.63) is 36.0 Å². The molecule has 3 nitrogen and oxygen atoms in total. The van der Waals surface area contributed by atoms with Gasteiger partial charge in [0.25, 0.3) is 0 Å². The van der Waals surface area contributed by atoms with E-state index in [1.54, 1.807) is 0 Å². The second kappa shape index (κ2) is 7.42. The zero-order valence-corrected chi connectivity index (χ0v) is 15.2. The topological polar surface area (TPSA) is 34.0 Å². The van der Waals surface area contributed by atoms with Gasteiger partial charge in [0.1, 0.15) is 0 Å². The van der Waals surface area contributed by atoms with Gasteiger partial charge in [-0.05, 0) is 43.2 Å². The summed E-state index contributed by atoms with van der Waals surface area (Å²) in [6.07, 6.45) is 7.27. The van der Waals surface area contributed by atoms with Gasteiger partial charge >= 0.3 is 0 Å². The van der Waals surface area contributed by atoms with Gasteiger partial charge in [0.05, 0.1) is 0 Å². The van der Waals surface area contributed by atoms with Crippen molar-refractivity contribution >= 4 is 16.8 Å². The Labute approximate surface area is 145 Å². The Balaban J connectivity index is 1.62. The molecule has 1 N–H and O–H groups in total. The Morgan fingerprint density at radius 2 is 2.04 bits per heavy atom. The summed E-state index contributed by atoms with van der Waals surface area (Å²) in [6.45, 7) is 7.71. The number of amides is 1. The van der Waals surface area contributed by atoms with Crippen LogP contribution in [0.3, 0.4) is 0 Å². The summed E-state index contributed by atoms with van der Waals surface area (Å²) in [7, 11) is 0. The van der Waals surface area contributed by atoms with Crippen LogP contribution < -0.4 is 5.32 Å². The van der Waals surface area contributed by atoms with Crippen molar-refractivity contribution in [3.63, 3.8) is 0 Å². The standard InChI is InChI=1S/C21H30N2O/c1-4-23-14-17(18-9-5-6-11-20(18)23)12-13-21(24)22-19-10-7-8-15(2)16(19)3/h5-6,9,11,14-16,19H,4,7-8,10,12-13H2,1-3H3,(H,22,24)/t15-,16-,19+/m0/s1. The third-order valence-corrected chi connectivity index (χ3v) is 5.89. The smallest absolute Gasteiger partial charge is 0.220 e. The molecule has 1 aliphatic carbocycles. The largest absolute Gasteiger partial charge is 0.353 e. The number of aryl methyl sites for hydroxylation is 2. The fourth-order valence-corrected chi connectivity index (χ4v) is 4.10. The third kappa shape index (κ3) is 3.50. The first-order valence-electron chi connectivity index (χ1n) is 9.46. The summed E-state index contributed by atoms with van der Waals surface area (Å²) in [6, 6.07) is 8.85. The quantitative estimate of drug-likeness (QED) is 0.860. The van der Waals surface area contributed by atoms with Crippen LogP contribution in [0, 0.1) is 11.8 Å². The number of benzene rings is 1. The monoisotopic (exact) mass is 326 g/mol. The number of aromatic nitrogens is 1. The molecule has 130 valence electrons. The normalized spacial score (nSPS) is 24.2. The van der Waals surface area contributed by atoms with Gasteiger partial charge < -0.3 is 9.88 Å². The molecule has 1 aromatic carbocycles. The van der Waals surface area contributed by atoms with Gasteiger partial charge in [-0.1, -0.05) is 44.9 Å². The SMILES string of the molecule is CCn1cc(CCC(=O)N[C@@H]2CCC[C@H](C)[C@@H]2C)c2ccccc21. The van der Waals surface area contributed by atoms with Crippen molar-refractivity contribution in [2.45, 2.75) is 65.5 Å². The van der Waals surface area contributed by atoms with Gasteiger partial charge in [0.2, 0.25) is 5.91 Å². The summed E-state index contributed by atoms with van der Waals surface area (Å²) in [5, 5.41) is 4.58. The summed E-state index contributed by atoms with van der Waals surface area (Å²) in [5.41, 5.74) is 2.55. The van der Waals surface area contributed by atoms with Crippen LogP contribution in [0.4, 0.5) is 0 Å². The van der Waals surface area contributed by atoms with E-state index in [4.69, 9.17) is 0 Å². The van der Waals surface area contributed by atoms with Crippen LogP contribution in [0.25, 0.3) is 10.9 Å². The van der Waals surface area contributed by atoms with Gasteiger partial charge in [-0.25, -0.2) is 0 Å². The zero-order chi connectivity index (χ0) is 17.1. The first-order valence-corrected chi connectivity index (χ1v) is 9.46. The van der Waals surface area contributed by atoms with Crippen molar-refractivity contribution in [1.29, 1.82) is 0 Å². The Hall–Kier alpha value is -1.77. The molecule has 0 radical (unpaired) electrons. The maximum absolute atomic E-state index is 12.4. The number of hydrogen-bond donors (Lipinski definition) is 1. The molecule has 1 saturated carbocycles. The second-order valence-electron chi connectivity index (χ2n) is 7.40. The van der Waals surface area contributed by atoms with Gasteiger partial charge in [0, 0.05) is 36.1 Å². The van der Waals surface area contributed by atoms with Crippen LogP contribution in [0.5, 0.6) is 0 Å². The molecule has 0 spiro atoms. The number of carbonyl (C=O) groups is 1. The number of nitrogens with zero attached hydrogens (tertiary/aromatic N) is 1. The summed E-state index contributed by atoms with van der Waals surface area (Å²) >= 11 is 0. The summed E-state index contributed by atoms with van der Waals surface area (Å²) in [4.78, 5) is 12.4. The highest BCUT2D eigenvalue weighted by molar-refractivity contribution is 5.85. The Bertz CT molecular complexity index is 703. The molecule has 0 unspecified atom stereocenters. The lowest BCUT2D eigenvalue weighted by atomic mass is 9.78. The van der Waals surface area contributed by atoms with Crippen LogP contribution in [-0.2, 0) is 17.8 Å². The van der Waals surface area contributed by atoms with Crippen LogP contribution in [-0.4, -0.2) is 16.5 Å². The third-order valence-electron chi connectivity index (χ3n) is 5.89. The lowest BCUT2D eigenvalue weighted by molar-refractivity contribution is -0.122. The van der Waals surface area contributed by atoms with E-state index in [0.29, 0.717) is 24.3 Å². The van der Waals surface area contributed by atoms with E-state index in [-0.39, 0.29) is 5.91 Å². The van der Waals surface area contributed by atoms with Crippen LogP contribution >= 0.6 is 0 Å². The predicted octanol–water partition coefficient (Wildman–Crippen LogP) is 4.53. The molecule has 0 saturated heterocycles. The van der Waals surface area contributed by atoms with Crippen molar-refractivity contribution in [2.75, 3.05) is 0 Å². The molecule has 1 aliphatic rings. The fourth-order valence-electron chi connectivity index (χ4n) is 4.10. The molecule has 3 atom stereocenters. The molecule has 1 amide bonds. The highest BCUT2D eigenvalue weighted by Gasteiger charge is 2.27. The average Bonchev–Trinajstić information content (AvgIpc) is 2.95. The molecule has 3 heteroatoms. The molecule has 2 aromatic rings. The van der Waals surface area contributed by atoms with E-state index in [1.807, 2.05) is 0 Å². The molecule has 3 rings (SSSR count). The second-order valence-corrected chi connectivity index (χ2v) is 7.40. The highest BCUT2D eigenvalue weighted by Crippen LogP contribution is 2.29. The molecule has 24 heavy (non-hydrogen) atoms. The van der Waals surface area contributed by atoms with Gasteiger partial charge in [-0.15, -0.1) is 0 Å². The lowest BCUT2D eigenvalue weighted by Crippen LogP contribution is -2.43. The molecular weight excluding hydrogens is 296 g/mol. The van der Waals surface area contributed by atoms with E-state index < -0.39 is 0 Å².